The van der Waals surface area contributed by atoms with Crippen molar-refractivity contribution in [2.75, 3.05) is 7.11 Å². The number of carbonyl (C=O) groups is 1. The molecule has 0 unspecified atom stereocenters. The van der Waals surface area contributed by atoms with Gasteiger partial charge in [-0.1, -0.05) is 18.2 Å². The fourth-order valence-electron chi connectivity index (χ4n) is 2.66. The average Bonchev–Trinajstić information content (AvgIpc) is 3.08. The smallest absolute Gasteiger partial charge is 0.337 e. The molecular weight excluding hydrogens is 347 g/mol. The number of hydrogen-bond acceptors (Lipinski definition) is 4. The van der Waals surface area contributed by atoms with Gasteiger partial charge in [0.05, 0.1) is 18.7 Å². The second-order valence-electron chi connectivity index (χ2n) is 5.28. The van der Waals surface area contributed by atoms with Gasteiger partial charge in [-0.2, -0.15) is 0 Å². The number of thiocarbonyl (C=S) groups is 1. The van der Waals surface area contributed by atoms with Gasteiger partial charge in [-0.05, 0) is 42.2 Å². The number of esters is 1. The van der Waals surface area contributed by atoms with Crippen LogP contribution in [0.1, 0.15) is 18.5 Å². The van der Waals surface area contributed by atoms with Crippen LogP contribution in [0.4, 0.5) is 4.39 Å². The lowest BCUT2D eigenvalue weighted by Gasteiger charge is -2.29. The molecule has 1 aromatic heterocycles. The maximum absolute atomic E-state index is 14.7. The van der Waals surface area contributed by atoms with E-state index in [2.05, 4.69) is 10.6 Å². The molecular formula is C17H15FN2O2S2. The minimum atomic E-state index is -0.691. The van der Waals surface area contributed by atoms with Crippen molar-refractivity contribution in [1.82, 2.24) is 10.6 Å². The Hall–Kier alpha value is -2.25. The van der Waals surface area contributed by atoms with Crippen LogP contribution in [0.25, 0.3) is 10.4 Å². The Bertz CT molecular complexity index is 831. The van der Waals surface area contributed by atoms with Crippen molar-refractivity contribution < 1.29 is 13.9 Å². The minimum absolute atomic E-state index is 0.314. The van der Waals surface area contributed by atoms with E-state index in [4.69, 9.17) is 17.0 Å². The Labute approximate surface area is 148 Å². The molecule has 0 fully saturated rings. The number of hydrogen-bond donors (Lipinski definition) is 2. The fraction of sp³-hybridized carbons (Fsp3) is 0.176. The van der Waals surface area contributed by atoms with Crippen LogP contribution >= 0.6 is 23.6 Å². The number of allylic oxidation sites excluding steroid dienone is 1. The largest absolute Gasteiger partial charge is 0.466 e. The first kappa shape index (κ1) is 16.6. The van der Waals surface area contributed by atoms with Gasteiger partial charge in [0.15, 0.2) is 5.11 Å². The Kier molecular flexibility index (Phi) is 4.64. The predicted molar refractivity (Wildman–Crippen MR) is 96.0 cm³/mol. The molecule has 0 saturated heterocycles. The van der Waals surface area contributed by atoms with Gasteiger partial charge in [0.2, 0.25) is 0 Å². The molecule has 1 atom stereocenters. The summed E-state index contributed by atoms with van der Waals surface area (Å²) < 4.78 is 19.6. The van der Waals surface area contributed by atoms with Crippen LogP contribution in [0.2, 0.25) is 0 Å². The molecule has 0 saturated carbocycles. The van der Waals surface area contributed by atoms with Crippen molar-refractivity contribution in [1.29, 1.82) is 0 Å². The molecule has 4 nitrogen and oxygen atoms in total. The molecule has 124 valence electrons. The quantitative estimate of drug-likeness (QED) is 0.646. The number of carbonyl (C=O) groups excluding carboxylic acids is 1. The van der Waals surface area contributed by atoms with E-state index in [0.717, 1.165) is 10.4 Å². The molecule has 2 N–H and O–H groups in total. The summed E-state index contributed by atoms with van der Waals surface area (Å²) in [6, 6.07) is 8.13. The topological polar surface area (TPSA) is 50.4 Å². The number of halogens is 1. The van der Waals surface area contributed by atoms with Crippen molar-refractivity contribution in [3.63, 3.8) is 0 Å². The molecule has 1 aliphatic heterocycles. The molecule has 1 aromatic carbocycles. The van der Waals surface area contributed by atoms with E-state index >= 15 is 0 Å². The number of methoxy groups -OCH3 is 1. The van der Waals surface area contributed by atoms with Crippen molar-refractivity contribution in [2.24, 2.45) is 0 Å². The van der Waals surface area contributed by atoms with Crippen molar-refractivity contribution in [3.05, 3.63) is 58.4 Å². The number of benzene rings is 1. The van der Waals surface area contributed by atoms with Crippen LogP contribution in [0.3, 0.4) is 0 Å². The summed E-state index contributed by atoms with van der Waals surface area (Å²) in [7, 11) is 1.29. The summed E-state index contributed by atoms with van der Waals surface area (Å²) in [5.74, 6) is -0.931. The van der Waals surface area contributed by atoms with E-state index in [-0.39, 0.29) is 0 Å². The van der Waals surface area contributed by atoms with E-state index < -0.39 is 17.8 Å². The molecule has 7 heteroatoms. The Morgan fingerprint density at radius 2 is 2.17 bits per heavy atom. The summed E-state index contributed by atoms with van der Waals surface area (Å²) in [6.45, 7) is 1.71. The van der Waals surface area contributed by atoms with Gasteiger partial charge in [-0.15, -0.1) is 11.3 Å². The molecule has 0 bridgehead atoms. The molecule has 2 heterocycles. The lowest BCUT2D eigenvalue weighted by molar-refractivity contribution is -0.136. The maximum atomic E-state index is 14.7. The van der Waals surface area contributed by atoms with Crippen molar-refractivity contribution >= 4 is 34.6 Å². The number of rotatable bonds is 3. The molecule has 0 amide bonds. The first-order valence-electron chi connectivity index (χ1n) is 7.21. The standard InChI is InChI=1S/C17H15FN2O2S2/c1-9-14(16(21)22-2)15(20-17(23)19-9)11-6-5-10(8-12(11)18)13-4-3-7-24-13/h3-8,15H,1-2H3,(H2,19,20,23)/t15-/m1/s1. The second-order valence-corrected chi connectivity index (χ2v) is 6.63. The lowest BCUT2D eigenvalue weighted by Crippen LogP contribution is -2.45. The zero-order valence-electron chi connectivity index (χ0n) is 13.1. The lowest BCUT2D eigenvalue weighted by atomic mass is 9.94. The Morgan fingerprint density at radius 3 is 2.79 bits per heavy atom. The van der Waals surface area contributed by atoms with Crippen LogP contribution in [0.15, 0.2) is 47.0 Å². The molecule has 1 aliphatic rings. The average molecular weight is 362 g/mol. The van der Waals surface area contributed by atoms with Crippen LogP contribution in [-0.2, 0) is 9.53 Å². The normalized spacial score (nSPS) is 17.3. The summed E-state index contributed by atoms with van der Waals surface area (Å²) >= 11 is 6.68. The SMILES string of the molecule is COC(=O)C1=C(C)NC(=S)N[C@@H]1c1ccc(-c2cccs2)cc1F. The molecule has 0 aliphatic carbocycles. The van der Waals surface area contributed by atoms with Gasteiger partial charge in [-0.25, -0.2) is 9.18 Å². The summed E-state index contributed by atoms with van der Waals surface area (Å²) in [5.41, 5.74) is 2.01. The van der Waals surface area contributed by atoms with Gasteiger partial charge in [0.25, 0.3) is 0 Å². The van der Waals surface area contributed by atoms with E-state index in [9.17, 15) is 9.18 Å². The van der Waals surface area contributed by atoms with Crippen LogP contribution in [0.5, 0.6) is 0 Å². The molecule has 3 rings (SSSR count). The van der Waals surface area contributed by atoms with Gasteiger partial charge in [0.1, 0.15) is 5.82 Å². The highest BCUT2D eigenvalue weighted by Gasteiger charge is 2.32. The first-order valence-corrected chi connectivity index (χ1v) is 8.50. The van der Waals surface area contributed by atoms with E-state index in [0.29, 0.717) is 21.9 Å². The number of thiophene rings is 1. The monoisotopic (exact) mass is 362 g/mol. The molecule has 2 aromatic rings. The van der Waals surface area contributed by atoms with Crippen molar-refractivity contribution in [3.8, 4) is 10.4 Å². The van der Waals surface area contributed by atoms with E-state index in [1.165, 1.54) is 24.5 Å². The second kappa shape index (κ2) is 6.70. The maximum Gasteiger partial charge on any atom is 0.337 e. The highest BCUT2D eigenvalue weighted by molar-refractivity contribution is 7.80. The van der Waals surface area contributed by atoms with E-state index in [1.807, 2.05) is 23.6 Å². The number of nitrogens with one attached hydrogen (secondary N) is 2. The predicted octanol–water partition coefficient (Wildman–Crippen LogP) is 3.52. The number of ether oxygens (including phenoxy) is 1. The summed E-state index contributed by atoms with van der Waals surface area (Å²) in [5, 5.41) is 8.10. The summed E-state index contributed by atoms with van der Waals surface area (Å²) in [4.78, 5) is 13.1. The molecule has 0 radical (unpaired) electrons. The third kappa shape index (κ3) is 3.05. The highest BCUT2D eigenvalue weighted by atomic mass is 32.1. The first-order chi connectivity index (χ1) is 11.5. The highest BCUT2D eigenvalue weighted by Crippen LogP contribution is 2.32. The fourth-order valence-corrected chi connectivity index (χ4v) is 3.66. The Balaban J connectivity index is 2.04. The van der Waals surface area contributed by atoms with Gasteiger partial charge in [-0.3, -0.25) is 0 Å². The third-order valence-corrected chi connectivity index (χ3v) is 4.93. The van der Waals surface area contributed by atoms with Crippen molar-refractivity contribution in [2.45, 2.75) is 13.0 Å². The summed E-state index contributed by atoms with van der Waals surface area (Å²) in [6.07, 6.45) is 0. The zero-order valence-corrected chi connectivity index (χ0v) is 14.7. The van der Waals surface area contributed by atoms with Crippen LogP contribution < -0.4 is 10.6 Å². The molecule has 0 spiro atoms. The van der Waals surface area contributed by atoms with E-state index in [1.54, 1.807) is 13.0 Å². The van der Waals surface area contributed by atoms with Crippen LogP contribution in [-0.4, -0.2) is 18.2 Å². The van der Waals surface area contributed by atoms with Gasteiger partial charge >= 0.3 is 5.97 Å². The van der Waals surface area contributed by atoms with Gasteiger partial charge in [0, 0.05) is 16.1 Å². The third-order valence-electron chi connectivity index (χ3n) is 3.79. The van der Waals surface area contributed by atoms with Crippen LogP contribution in [0, 0.1) is 5.82 Å². The minimum Gasteiger partial charge on any atom is -0.466 e. The molecule has 24 heavy (non-hydrogen) atoms. The zero-order chi connectivity index (χ0) is 17.3. The van der Waals surface area contributed by atoms with Gasteiger partial charge < -0.3 is 15.4 Å². The Morgan fingerprint density at radius 1 is 1.38 bits per heavy atom.